The van der Waals surface area contributed by atoms with E-state index in [2.05, 4.69) is 16.0 Å². The summed E-state index contributed by atoms with van der Waals surface area (Å²) in [5.74, 6) is -0.542. The lowest BCUT2D eigenvalue weighted by molar-refractivity contribution is 0.0868. The van der Waals surface area contributed by atoms with Gasteiger partial charge in [0.05, 0.1) is 11.1 Å². The Labute approximate surface area is 208 Å². The third-order valence-electron chi connectivity index (χ3n) is 7.48. The van der Waals surface area contributed by atoms with E-state index < -0.39 is 21.7 Å². The fourth-order valence-electron chi connectivity index (χ4n) is 5.70. The number of carbonyl (C=O) groups is 1. The first-order valence-corrected chi connectivity index (χ1v) is 13.8. The lowest BCUT2D eigenvalue weighted by Crippen LogP contribution is -2.35. The van der Waals surface area contributed by atoms with Crippen LogP contribution in [0.4, 0.5) is 0 Å². The molecule has 36 heavy (non-hydrogen) atoms. The standard InChI is InChI=1S/C27H27N3O5S/c31-26-21-9-3-4-10-23(21)36(33,34)30(26)14-6-5-13-29-15-11-18(12-16-29)24-20-8-2-1-7-19(20)17-22-25(24)28-27(32)35-22/h1-4,7-10,17-18H,5-6,11-16H2,(H,28,32). The average molecular weight is 506 g/mol. The Morgan fingerprint density at radius 3 is 2.47 bits per heavy atom. The van der Waals surface area contributed by atoms with Crippen LogP contribution in [0.3, 0.4) is 0 Å². The number of oxazole rings is 1. The molecule has 2 aliphatic rings. The summed E-state index contributed by atoms with van der Waals surface area (Å²) in [6, 6.07) is 16.5. The van der Waals surface area contributed by atoms with Crippen molar-refractivity contribution in [3.63, 3.8) is 0 Å². The van der Waals surface area contributed by atoms with E-state index in [9.17, 15) is 18.0 Å². The van der Waals surface area contributed by atoms with E-state index in [0.29, 0.717) is 17.9 Å². The molecule has 0 spiro atoms. The number of aromatic nitrogens is 1. The number of hydrogen-bond acceptors (Lipinski definition) is 6. The number of carbonyl (C=O) groups excluding carboxylic acids is 1. The van der Waals surface area contributed by atoms with Gasteiger partial charge in [0, 0.05) is 6.54 Å². The number of likely N-dealkylation sites (tertiary alicyclic amines) is 1. The van der Waals surface area contributed by atoms with Crippen molar-refractivity contribution < 1.29 is 17.6 Å². The second-order valence-corrected chi connectivity index (χ2v) is 11.4. The number of hydrogen-bond donors (Lipinski definition) is 1. The maximum Gasteiger partial charge on any atom is 0.417 e. The van der Waals surface area contributed by atoms with E-state index in [-0.39, 0.29) is 17.0 Å². The summed E-state index contributed by atoms with van der Waals surface area (Å²) in [5, 5.41) is 2.22. The maximum absolute atomic E-state index is 12.7. The van der Waals surface area contributed by atoms with Crippen LogP contribution < -0.4 is 5.76 Å². The molecule has 3 heterocycles. The van der Waals surface area contributed by atoms with E-state index in [1.54, 1.807) is 18.2 Å². The maximum atomic E-state index is 12.7. The molecule has 2 aliphatic heterocycles. The zero-order valence-electron chi connectivity index (χ0n) is 19.8. The summed E-state index contributed by atoms with van der Waals surface area (Å²) >= 11 is 0. The van der Waals surface area contributed by atoms with Gasteiger partial charge >= 0.3 is 5.76 Å². The molecule has 0 unspecified atom stereocenters. The largest absolute Gasteiger partial charge is 0.417 e. The molecule has 1 N–H and O–H groups in total. The molecule has 3 aromatic carbocycles. The molecule has 0 radical (unpaired) electrons. The third kappa shape index (κ3) is 3.83. The predicted octanol–water partition coefficient (Wildman–Crippen LogP) is 4.08. The van der Waals surface area contributed by atoms with Crippen molar-refractivity contribution >= 4 is 37.8 Å². The quantitative estimate of drug-likeness (QED) is 0.396. The number of aromatic amines is 1. The summed E-state index contributed by atoms with van der Waals surface area (Å²) in [5.41, 5.74) is 2.83. The van der Waals surface area contributed by atoms with Crippen LogP contribution in [0.1, 0.15) is 47.5 Å². The molecule has 0 bridgehead atoms. The van der Waals surface area contributed by atoms with Crippen molar-refractivity contribution in [3.05, 3.63) is 76.3 Å². The lowest BCUT2D eigenvalue weighted by Gasteiger charge is -2.33. The van der Waals surface area contributed by atoms with Crippen molar-refractivity contribution in [3.8, 4) is 0 Å². The number of unbranched alkanes of at least 4 members (excludes halogenated alkanes) is 1. The first kappa shape index (κ1) is 23.0. The van der Waals surface area contributed by atoms with Gasteiger partial charge in [0.25, 0.3) is 15.9 Å². The van der Waals surface area contributed by atoms with E-state index in [4.69, 9.17) is 4.42 Å². The molecule has 4 aromatic rings. The molecule has 1 saturated heterocycles. The van der Waals surface area contributed by atoms with Crippen LogP contribution >= 0.6 is 0 Å². The number of rotatable bonds is 6. The third-order valence-corrected chi connectivity index (χ3v) is 9.32. The highest BCUT2D eigenvalue weighted by Gasteiger charge is 2.40. The molecule has 1 fully saturated rings. The Balaban J connectivity index is 1.08. The van der Waals surface area contributed by atoms with E-state index in [1.807, 2.05) is 24.3 Å². The summed E-state index contributed by atoms with van der Waals surface area (Å²) in [4.78, 5) is 29.9. The fraction of sp³-hybridized carbons (Fsp3) is 0.333. The van der Waals surface area contributed by atoms with Crippen molar-refractivity contribution in [2.45, 2.75) is 36.5 Å². The smallest absolute Gasteiger partial charge is 0.408 e. The van der Waals surface area contributed by atoms with Gasteiger partial charge in [-0.3, -0.25) is 9.78 Å². The van der Waals surface area contributed by atoms with Crippen LogP contribution in [0.5, 0.6) is 0 Å². The monoisotopic (exact) mass is 505 g/mol. The normalized spacial score (nSPS) is 18.3. The molecule has 0 saturated carbocycles. The zero-order chi connectivity index (χ0) is 24.9. The highest BCUT2D eigenvalue weighted by molar-refractivity contribution is 7.90. The Morgan fingerprint density at radius 2 is 1.67 bits per heavy atom. The number of H-pyrrole nitrogens is 1. The number of sulfonamides is 1. The average Bonchev–Trinajstić information content (AvgIpc) is 3.34. The Bertz CT molecular complexity index is 1630. The summed E-state index contributed by atoms with van der Waals surface area (Å²) < 4.78 is 31.8. The minimum absolute atomic E-state index is 0.110. The van der Waals surface area contributed by atoms with E-state index >= 15 is 0 Å². The van der Waals surface area contributed by atoms with Crippen molar-refractivity contribution in [2.75, 3.05) is 26.2 Å². The molecule has 186 valence electrons. The first-order chi connectivity index (χ1) is 17.4. The van der Waals surface area contributed by atoms with Gasteiger partial charge in [0.15, 0.2) is 5.58 Å². The van der Waals surface area contributed by atoms with Gasteiger partial charge in [-0.15, -0.1) is 0 Å². The summed E-state index contributed by atoms with van der Waals surface area (Å²) in [7, 11) is -3.74. The van der Waals surface area contributed by atoms with Crippen LogP contribution in [0.25, 0.3) is 21.9 Å². The first-order valence-electron chi connectivity index (χ1n) is 12.4. The molecule has 8 nitrogen and oxygen atoms in total. The highest BCUT2D eigenvalue weighted by Crippen LogP contribution is 2.37. The molecule has 1 amide bonds. The van der Waals surface area contributed by atoms with Gasteiger partial charge in [0.1, 0.15) is 4.90 Å². The lowest BCUT2D eigenvalue weighted by atomic mass is 9.85. The number of nitrogens with zero attached hydrogens (tertiary/aromatic N) is 2. The minimum Gasteiger partial charge on any atom is -0.408 e. The van der Waals surface area contributed by atoms with E-state index in [0.717, 1.165) is 65.1 Å². The Morgan fingerprint density at radius 1 is 0.944 bits per heavy atom. The number of piperidine rings is 1. The highest BCUT2D eigenvalue weighted by atomic mass is 32.2. The number of nitrogens with one attached hydrogen (secondary N) is 1. The summed E-state index contributed by atoms with van der Waals surface area (Å²) in [6.45, 7) is 2.90. The van der Waals surface area contributed by atoms with Crippen LogP contribution in [-0.2, 0) is 10.0 Å². The van der Waals surface area contributed by atoms with Crippen molar-refractivity contribution in [1.29, 1.82) is 0 Å². The topological polar surface area (TPSA) is 104 Å². The predicted molar refractivity (Wildman–Crippen MR) is 137 cm³/mol. The van der Waals surface area contributed by atoms with Gasteiger partial charge in [-0.05, 0) is 85.8 Å². The van der Waals surface area contributed by atoms with Gasteiger partial charge < -0.3 is 9.32 Å². The van der Waals surface area contributed by atoms with Crippen molar-refractivity contribution in [2.24, 2.45) is 0 Å². The molecule has 1 aromatic heterocycles. The molecular weight excluding hydrogens is 478 g/mol. The SMILES string of the molecule is O=C1c2ccccc2S(=O)(=O)N1CCCCN1CCC(c2c3ccccc3cc3oc(=O)[nH]c23)CC1. The molecular formula is C27H27N3O5S. The Hall–Kier alpha value is -3.43. The minimum atomic E-state index is -3.74. The van der Waals surface area contributed by atoms with Crippen LogP contribution in [0, 0.1) is 0 Å². The molecule has 0 aliphatic carbocycles. The number of benzene rings is 3. The molecule has 9 heteroatoms. The number of amides is 1. The second-order valence-electron chi connectivity index (χ2n) is 9.60. The van der Waals surface area contributed by atoms with Gasteiger partial charge in [0.2, 0.25) is 0 Å². The summed E-state index contributed by atoms with van der Waals surface area (Å²) in [6.07, 6.45) is 3.36. The zero-order valence-corrected chi connectivity index (χ0v) is 20.6. The number of fused-ring (bicyclic) bond motifs is 3. The van der Waals surface area contributed by atoms with E-state index in [1.165, 1.54) is 6.07 Å². The Kier molecular flexibility index (Phi) is 5.69. The van der Waals surface area contributed by atoms with Gasteiger partial charge in [-0.1, -0.05) is 36.4 Å². The van der Waals surface area contributed by atoms with Crippen molar-refractivity contribution in [1.82, 2.24) is 14.2 Å². The van der Waals surface area contributed by atoms with Gasteiger partial charge in [-0.2, -0.15) is 0 Å². The molecule has 0 atom stereocenters. The van der Waals surface area contributed by atoms with Gasteiger partial charge in [-0.25, -0.2) is 17.5 Å². The van der Waals surface area contributed by atoms with Crippen LogP contribution in [0.15, 0.2) is 68.7 Å². The fourth-order valence-corrected chi connectivity index (χ4v) is 7.31. The van der Waals surface area contributed by atoms with Crippen LogP contribution in [0.2, 0.25) is 0 Å². The molecule has 6 rings (SSSR count). The van der Waals surface area contributed by atoms with Crippen LogP contribution in [-0.4, -0.2) is 54.7 Å². The second kappa shape index (κ2) is 8.90.